The molecular weight excluding hydrogens is 268 g/mol. The van der Waals surface area contributed by atoms with Gasteiger partial charge < -0.3 is 0 Å². The summed E-state index contributed by atoms with van der Waals surface area (Å²) in [6.45, 7) is 3.40. The predicted molar refractivity (Wildman–Crippen MR) is 73.2 cm³/mol. The van der Waals surface area contributed by atoms with Crippen LogP contribution in [0.25, 0.3) is 10.4 Å². The fourth-order valence-corrected chi connectivity index (χ4v) is 3.89. The first-order valence-electron chi connectivity index (χ1n) is 5.57. The maximum absolute atomic E-state index is 11.9. The van der Waals surface area contributed by atoms with Crippen LogP contribution in [-0.2, 0) is 14.3 Å². The lowest BCUT2D eigenvalue weighted by atomic mass is 10.2. The average Bonchev–Trinajstić information content (AvgIpc) is 2.78. The van der Waals surface area contributed by atoms with Crippen LogP contribution in [0.1, 0.15) is 13.8 Å². The van der Waals surface area contributed by atoms with Crippen molar-refractivity contribution in [2.45, 2.75) is 24.2 Å². The molecule has 5 heteroatoms. The molecule has 0 amide bonds. The Hall–Kier alpha value is -1.17. The van der Waals surface area contributed by atoms with Crippen molar-refractivity contribution in [2.24, 2.45) is 0 Å². The van der Waals surface area contributed by atoms with Crippen LogP contribution >= 0.6 is 11.3 Å². The summed E-state index contributed by atoms with van der Waals surface area (Å²) in [6, 6.07) is 13.1. The molecule has 0 N–H and O–H groups in total. The monoisotopic (exact) mass is 282 g/mol. The van der Waals surface area contributed by atoms with Crippen molar-refractivity contribution in [3.8, 4) is 10.4 Å². The Morgan fingerprint density at radius 3 is 2.33 bits per heavy atom. The second kappa shape index (κ2) is 5.22. The van der Waals surface area contributed by atoms with Crippen molar-refractivity contribution in [3.63, 3.8) is 0 Å². The highest BCUT2D eigenvalue weighted by atomic mass is 32.3. The van der Waals surface area contributed by atoms with Gasteiger partial charge in [-0.3, -0.25) is 4.18 Å². The fraction of sp³-hybridized carbons (Fsp3) is 0.231. The largest absolute Gasteiger partial charge is 0.306 e. The van der Waals surface area contributed by atoms with Crippen molar-refractivity contribution < 1.29 is 12.6 Å². The third-order valence-corrected chi connectivity index (χ3v) is 5.26. The summed E-state index contributed by atoms with van der Waals surface area (Å²) in [7, 11) is -3.63. The van der Waals surface area contributed by atoms with Gasteiger partial charge in [0.05, 0.1) is 6.10 Å². The third kappa shape index (κ3) is 2.98. The van der Waals surface area contributed by atoms with Crippen molar-refractivity contribution in [2.75, 3.05) is 0 Å². The second-order valence-electron chi connectivity index (χ2n) is 4.08. The van der Waals surface area contributed by atoms with E-state index in [9.17, 15) is 8.42 Å². The zero-order valence-corrected chi connectivity index (χ0v) is 11.8. The maximum atomic E-state index is 11.9. The second-order valence-corrected chi connectivity index (χ2v) is 6.97. The minimum Gasteiger partial charge on any atom is -0.263 e. The van der Waals surface area contributed by atoms with Gasteiger partial charge in [0.1, 0.15) is 4.21 Å². The average molecular weight is 282 g/mol. The zero-order chi connectivity index (χ0) is 13.2. The van der Waals surface area contributed by atoms with Gasteiger partial charge >= 0.3 is 10.1 Å². The molecule has 0 unspecified atom stereocenters. The van der Waals surface area contributed by atoms with E-state index in [1.807, 2.05) is 30.3 Å². The Kier molecular flexibility index (Phi) is 3.85. The molecule has 2 aromatic rings. The van der Waals surface area contributed by atoms with Crippen LogP contribution in [0.2, 0.25) is 0 Å². The summed E-state index contributed by atoms with van der Waals surface area (Å²) in [5, 5.41) is 0. The van der Waals surface area contributed by atoms with E-state index < -0.39 is 10.1 Å². The lowest BCUT2D eigenvalue weighted by Gasteiger charge is -2.05. The van der Waals surface area contributed by atoms with Gasteiger partial charge in [-0.2, -0.15) is 8.42 Å². The van der Waals surface area contributed by atoms with Gasteiger partial charge in [-0.15, -0.1) is 11.3 Å². The van der Waals surface area contributed by atoms with Crippen LogP contribution in [-0.4, -0.2) is 14.5 Å². The van der Waals surface area contributed by atoms with Gasteiger partial charge in [-0.1, -0.05) is 30.3 Å². The molecule has 0 saturated heterocycles. The van der Waals surface area contributed by atoms with Gasteiger partial charge in [0.2, 0.25) is 0 Å². The lowest BCUT2D eigenvalue weighted by molar-refractivity contribution is 0.249. The maximum Gasteiger partial charge on any atom is 0.306 e. The van der Waals surface area contributed by atoms with E-state index in [1.54, 1.807) is 26.0 Å². The molecule has 0 aliphatic carbocycles. The molecule has 0 fully saturated rings. The van der Waals surface area contributed by atoms with E-state index in [4.69, 9.17) is 4.18 Å². The molecule has 0 aliphatic rings. The number of thiophene rings is 1. The van der Waals surface area contributed by atoms with Gasteiger partial charge in [0.15, 0.2) is 0 Å². The van der Waals surface area contributed by atoms with Gasteiger partial charge in [0.25, 0.3) is 0 Å². The SMILES string of the molecule is CC(C)OS(=O)(=O)c1ccc(-c2ccccc2)s1. The van der Waals surface area contributed by atoms with E-state index in [2.05, 4.69) is 0 Å². The highest BCUT2D eigenvalue weighted by Gasteiger charge is 2.19. The predicted octanol–water partition coefficient (Wildman–Crippen LogP) is 3.53. The van der Waals surface area contributed by atoms with E-state index >= 15 is 0 Å². The molecule has 0 bridgehead atoms. The number of rotatable bonds is 4. The van der Waals surface area contributed by atoms with E-state index in [0.29, 0.717) is 0 Å². The molecule has 1 heterocycles. The van der Waals surface area contributed by atoms with Gasteiger partial charge in [0, 0.05) is 4.88 Å². The van der Waals surface area contributed by atoms with Crippen LogP contribution in [0.5, 0.6) is 0 Å². The van der Waals surface area contributed by atoms with E-state index in [1.165, 1.54) is 11.3 Å². The number of benzene rings is 1. The third-order valence-electron chi connectivity index (χ3n) is 2.21. The first kappa shape index (κ1) is 13.3. The van der Waals surface area contributed by atoms with Gasteiger partial charge in [-0.25, -0.2) is 0 Å². The van der Waals surface area contributed by atoms with Crippen LogP contribution in [0.15, 0.2) is 46.7 Å². The summed E-state index contributed by atoms with van der Waals surface area (Å²) >= 11 is 1.22. The number of hydrogen-bond donors (Lipinski definition) is 0. The topological polar surface area (TPSA) is 43.4 Å². The first-order valence-corrected chi connectivity index (χ1v) is 7.80. The standard InChI is InChI=1S/C13H14O3S2/c1-10(2)16-18(14,15)13-9-8-12(17-13)11-6-4-3-5-7-11/h3-10H,1-2H3. The molecule has 0 saturated carbocycles. The minimum atomic E-state index is -3.63. The lowest BCUT2D eigenvalue weighted by Crippen LogP contribution is -2.11. The molecule has 96 valence electrons. The molecule has 0 aliphatic heterocycles. The quantitative estimate of drug-likeness (QED) is 0.806. The molecule has 3 nitrogen and oxygen atoms in total. The Bertz CT molecular complexity index is 613. The van der Waals surface area contributed by atoms with Crippen molar-refractivity contribution >= 4 is 21.5 Å². The summed E-state index contributed by atoms with van der Waals surface area (Å²) in [6.07, 6.45) is -0.350. The summed E-state index contributed by atoms with van der Waals surface area (Å²) in [5.74, 6) is 0. The smallest absolute Gasteiger partial charge is 0.263 e. The molecule has 1 aromatic carbocycles. The van der Waals surface area contributed by atoms with E-state index in [0.717, 1.165) is 10.4 Å². The Labute approximate surface area is 111 Å². The molecule has 2 rings (SSSR count). The Morgan fingerprint density at radius 2 is 1.72 bits per heavy atom. The molecule has 0 spiro atoms. The van der Waals surface area contributed by atoms with Crippen LogP contribution in [0, 0.1) is 0 Å². The minimum absolute atomic E-state index is 0.245. The molecule has 0 atom stereocenters. The van der Waals surface area contributed by atoms with Crippen LogP contribution < -0.4 is 0 Å². The normalized spacial score (nSPS) is 11.9. The van der Waals surface area contributed by atoms with E-state index in [-0.39, 0.29) is 10.3 Å². The highest BCUT2D eigenvalue weighted by molar-refractivity contribution is 7.89. The molecule has 18 heavy (non-hydrogen) atoms. The number of hydrogen-bond acceptors (Lipinski definition) is 4. The van der Waals surface area contributed by atoms with Crippen molar-refractivity contribution in [3.05, 3.63) is 42.5 Å². The summed E-state index contributed by atoms with van der Waals surface area (Å²) < 4.78 is 29.0. The van der Waals surface area contributed by atoms with Crippen molar-refractivity contribution in [1.29, 1.82) is 0 Å². The first-order chi connectivity index (χ1) is 8.49. The molecule has 0 radical (unpaired) electrons. The molecule has 1 aromatic heterocycles. The van der Waals surface area contributed by atoms with Crippen LogP contribution in [0.4, 0.5) is 0 Å². The highest BCUT2D eigenvalue weighted by Crippen LogP contribution is 2.31. The van der Waals surface area contributed by atoms with Gasteiger partial charge in [-0.05, 0) is 31.5 Å². The summed E-state index contributed by atoms with van der Waals surface area (Å²) in [5.41, 5.74) is 1.01. The zero-order valence-electron chi connectivity index (χ0n) is 10.2. The Morgan fingerprint density at radius 1 is 1.06 bits per heavy atom. The van der Waals surface area contributed by atoms with Crippen LogP contribution in [0.3, 0.4) is 0 Å². The summed E-state index contributed by atoms with van der Waals surface area (Å²) in [4.78, 5) is 0.918. The molecular formula is C13H14O3S2. The Balaban J connectivity index is 2.32. The fourth-order valence-electron chi connectivity index (χ4n) is 1.51. The van der Waals surface area contributed by atoms with Crippen molar-refractivity contribution in [1.82, 2.24) is 0 Å².